The molecule has 1 atom stereocenters. The summed E-state index contributed by atoms with van der Waals surface area (Å²) in [4.78, 5) is 25.1. The van der Waals surface area contributed by atoms with Gasteiger partial charge in [-0.2, -0.15) is 0 Å². The zero-order chi connectivity index (χ0) is 15.0. The van der Waals surface area contributed by atoms with Crippen molar-refractivity contribution in [3.05, 3.63) is 0 Å². The van der Waals surface area contributed by atoms with Crippen LogP contribution in [-0.2, 0) is 19.4 Å². The van der Waals surface area contributed by atoms with Gasteiger partial charge in [-0.15, -0.1) is 0 Å². The molecule has 0 aromatic heterocycles. The molecule has 2 rings (SSSR count). The van der Waals surface area contributed by atoms with E-state index in [-0.39, 0.29) is 30.4 Å². The van der Waals surface area contributed by atoms with Gasteiger partial charge in [-0.05, 0) is 12.8 Å². The average Bonchev–Trinajstić information content (AvgIpc) is 2.75. The van der Waals surface area contributed by atoms with Crippen LogP contribution < -0.4 is 0 Å². The first-order valence-electron chi connectivity index (χ1n) is 6.97. The molecular formula is C13H21NO5S. The largest absolute Gasteiger partial charge is 0.481 e. The molecule has 2 aliphatic rings. The maximum absolute atomic E-state index is 12.7. The van der Waals surface area contributed by atoms with Crippen LogP contribution in [0.25, 0.3) is 0 Å². The Morgan fingerprint density at radius 2 is 1.90 bits per heavy atom. The summed E-state index contributed by atoms with van der Waals surface area (Å²) in [7, 11) is -3.24. The lowest BCUT2D eigenvalue weighted by atomic mass is 9.86. The molecule has 1 heterocycles. The number of nitrogens with zero attached hydrogens (tertiary/aromatic N) is 1. The summed E-state index contributed by atoms with van der Waals surface area (Å²) in [5.41, 5.74) is -0.447. The van der Waals surface area contributed by atoms with Gasteiger partial charge in [-0.25, -0.2) is 8.42 Å². The Kier molecular flexibility index (Phi) is 4.09. The number of rotatable bonds is 3. The van der Waals surface area contributed by atoms with E-state index in [0.717, 1.165) is 25.7 Å². The molecule has 1 amide bonds. The highest BCUT2D eigenvalue weighted by Crippen LogP contribution is 2.40. The third-order valence-corrected chi connectivity index (χ3v) is 6.12. The number of hydrogen-bond acceptors (Lipinski definition) is 4. The van der Waals surface area contributed by atoms with E-state index in [9.17, 15) is 18.0 Å². The highest BCUT2D eigenvalue weighted by atomic mass is 32.2. The van der Waals surface area contributed by atoms with E-state index in [1.165, 1.54) is 4.90 Å². The van der Waals surface area contributed by atoms with Gasteiger partial charge in [0.05, 0.1) is 24.0 Å². The second-order valence-electron chi connectivity index (χ2n) is 6.13. The molecule has 0 spiro atoms. The number of carbonyl (C=O) groups excluding carboxylic acids is 1. The van der Waals surface area contributed by atoms with Crippen molar-refractivity contribution in [1.29, 1.82) is 0 Å². The Morgan fingerprint density at radius 1 is 1.30 bits per heavy atom. The van der Waals surface area contributed by atoms with Crippen molar-refractivity contribution in [2.24, 2.45) is 5.41 Å². The van der Waals surface area contributed by atoms with Crippen LogP contribution >= 0.6 is 0 Å². The van der Waals surface area contributed by atoms with Crippen molar-refractivity contribution >= 4 is 21.7 Å². The van der Waals surface area contributed by atoms with Crippen molar-refractivity contribution in [3.8, 4) is 0 Å². The molecule has 20 heavy (non-hydrogen) atoms. The third kappa shape index (κ3) is 3.13. The van der Waals surface area contributed by atoms with E-state index in [0.29, 0.717) is 0 Å². The number of sulfone groups is 1. The fourth-order valence-corrected chi connectivity index (χ4v) is 4.77. The minimum Gasteiger partial charge on any atom is -0.481 e. The molecule has 1 saturated heterocycles. The lowest BCUT2D eigenvalue weighted by Crippen LogP contribution is -2.55. The molecule has 1 aliphatic heterocycles. The molecule has 114 valence electrons. The standard InChI is InChI=1S/C13H21NO5S/c1-13(4-2-3-5-13)12(17)14-6-7-20(18,19)9-10(14)8-11(15)16/h10H,2-9H2,1H3,(H,15,16). The Morgan fingerprint density at radius 3 is 2.45 bits per heavy atom. The topological polar surface area (TPSA) is 91.8 Å². The number of carboxylic acid groups (broad SMARTS) is 1. The Hall–Kier alpha value is -1.11. The smallest absolute Gasteiger partial charge is 0.305 e. The van der Waals surface area contributed by atoms with E-state index in [4.69, 9.17) is 5.11 Å². The summed E-state index contributed by atoms with van der Waals surface area (Å²) < 4.78 is 23.4. The predicted molar refractivity (Wildman–Crippen MR) is 73.0 cm³/mol. The number of amides is 1. The molecule has 1 N–H and O–H groups in total. The normalized spacial score (nSPS) is 28.2. The third-order valence-electron chi connectivity index (χ3n) is 4.42. The van der Waals surface area contributed by atoms with Crippen molar-refractivity contribution in [3.63, 3.8) is 0 Å². The second kappa shape index (κ2) is 5.35. The fourth-order valence-electron chi connectivity index (χ4n) is 3.24. The van der Waals surface area contributed by atoms with Gasteiger partial charge in [0.15, 0.2) is 9.84 Å². The molecular weight excluding hydrogens is 282 g/mol. The Bertz CT molecular complexity index is 507. The van der Waals surface area contributed by atoms with Crippen molar-refractivity contribution in [2.75, 3.05) is 18.1 Å². The van der Waals surface area contributed by atoms with Crippen LogP contribution in [0.2, 0.25) is 0 Å². The number of hydrogen-bond donors (Lipinski definition) is 1. The first kappa shape index (κ1) is 15.3. The highest BCUT2D eigenvalue weighted by molar-refractivity contribution is 7.91. The summed E-state index contributed by atoms with van der Waals surface area (Å²) >= 11 is 0. The highest BCUT2D eigenvalue weighted by Gasteiger charge is 2.44. The van der Waals surface area contributed by atoms with Crippen LogP contribution in [0.1, 0.15) is 39.0 Å². The summed E-state index contributed by atoms with van der Waals surface area (Å²) in [6, 6.07) is -0.726. The predicted octanol–water partition coefficient (Wildman–Crippen LogP) is 0.667. The molecule has 0 bridgehead atoms. The summed E-state index contributed by atoms with van der Waals surface area (Å²) in [6.07, 6.45) is 3.29. The second-order valence-corrected chi connectivity index (χ2v) is 8.36. The SMILES string of the molecule is CC1(C(=O)N2CCS(=O)(=O)CC2CC(=O)O)CCCC1. The van der Waals surface area contributed by atoms with Crippen LogP contribution in [0.4, 0.5) is 0 Å². The molecule has 0 aromatic carbocycles. The van der Waals surface area contributed by atoms with Gasteiger partial charge in [0, 0.05) is 12.0 Å². The first-order valence-corrected chi connectivity index (χ1v) is 8.79. The van der Waals surface area contributed by atoms with Gasteiger partial charge in [-0.3, -0.25) is 9.59 Å². The lowest BCUT2D eigenvalue weighted by molar-refractivity contribution is -0.145. The van der Waals surface area contributed by atoms with Crippen LogP contribution in [-0.4, -0.2) is 54.4 Å². The van der Waals surface area contributed by atoms with Gasteiger partial charge in [0.25, 0.3) is 0 Å². The number of carbonyl (C=O) groups is 2. The fraction of sp³-hybridized carbons (Fsp3) is 0.846. The van der Waals surface area contributed by atoms with Crippen molar-refractivity contribution in [2.45, 2.75) is 45.1 Å². The quantitative estimate of drug-likeness (QED) is 0.827. The van der Waals surface area contributed by atoms with Crippen LogP contribution in [0.5, 0.6) is 0 Å². The molecule has 0 radical (unpaired) electrons. The van der Waals surface area contributed by atoms with Crippen LogP contribution in [0, 0.1) is 5.41 Å². The minimum absolute atomic E-state index is 0.0645. The maximum atomic E-state index is 12.7. The van der Waals surface area contributed by atoms with Gasteiger partial charge in [0.2, 0.25) is 5.91 Å². The summed E-state index contributed by atoms with van der Waals surface area (Å²) in [6.45, 7) is 2.03. The zero-order valence-corrected chi connectivity index (χ0v) is 12.5. The zero-order valence-electron chi connectivity index (χ0n) is 11.7. The molecule has 1 saturated carbocycles. The van der Waals surface area contributed by atoms with Gasteiger partial charge in [0.1, 0.15) is 0 Å². The molecule has 1 aliphatic carbocycles. The number of carboxylic acids is 1. The molecule has 6 nitrogen and oxygen atoms in total. The van der Waals surface area contributed by atoms with E-state index in [1.807, 2.05) is 6.92 Å². The van der Waals surface area contributed by atoms with E-state index < -0.39 is 27.3 Å². The van der Waals surface area contributed by atoms with Gasteiger partial charge >= 0.3 is 5.97 Å². The van der Waals surface area contributed by atoms with Gasteiger partial charge < -0.3 is 10.0 Å². The molecule has 1 unspecified atom stereocenters. The maximum Gasteiger partial charge on any atom is 0.305 e. The minimum atomic E-state index is -3.24. The van der Waals surface area contributed by atoms with E-state index in [1.54, 1.807) is 0 Å². The Labute approximate surface area is 119 Å². The lowest BCUT2D eigenvalue weighted by Gasteiger charge is -2.39. The molecule has 2 fully saturated rings. The monoisotopic (exact) mass is 303 g/mol. The van der Waals surface area contributed by atoms with E-state index >= 15 is 0 Å². The molecule has 7 heteroatoms. The first-order chi connectivity index (χ1) is 9.23. The average molecular weight is 303 g/mol. The van der Waals surface area contributed by atoms with Crippen LogP contribution in [0.15, 0.2) is 0 Å². The van der Waals surface area contributed by atoms with Crippen molar-refractivity contribution in [1.82, 2.24) is 4.90 Å². The van der Waals surface area contributed by atoms with Gasteiger partial charge in [-0.1, -0.05) is 19.8 Å². The van der Waals surface area contributed by atoms with E-state index in [2.05, 4.69) is 0 Å². The van der Waals surface area contributed by atoms with Crippen molar-refractivity contribution < 1.29 is 23.1 Å². The number of aliphatic carboxylic acids is 1. The van der Waals surface area contributed by atoms with Crippen LogP contribution in [0.3, 0.4) is 0 Å². The molecule has 0 aromatic rings. The Balaban J connectivity index is 2.19. The summed E-state index contributed by atoms with van der Waals surface area (Å²) in [5.74, 6) is -1.44. The summed E-state index contributed by atoms with van der Waals surface area (Å²) in [5, 5.41) is 8.93.